The van der Waals surface area contributed by atoms with Gasteiger partial charge in [-0.1, -0.05) is 6.07 Å². The first kappa shape index (κ1) is 13.9. The number of hydrogen-bond donors (Lipinski definition) is 1. The summed E-state index contributed by atoms with van der Waals surface area (Å²) >= 11 is 0. The smallest absolute Gasteiger partial charge is 0.362 e. The molecule has 1 heterocycles. The van der Waals surface area contributed by atoms with Crippen LogP contribution in [0.3, 0.4) is 0 Å². The van der Waals surface area contributed by atoms with Crippen LogP contribution in [0, 0.1) is 5.82 Å². The molecule has 0 saturated heterocycles. The lowest BCUT2D eigenvalue weighted by atomic mass is 10.2. The molecular weight excluding hydrogens is 267 g/mol. The molecule has 0 atom stereocenters. The molecule has 6 nitrogen and oxygen atoms in total. The highest BCUT2D eigenvalue weighted by molar-refractivity contribution is 5.92. The second-order valence-electron chi connectivity index (χ2n) is 3.77. The molecule has 0 fully saturated rings. The number of aromatic nitrogens is 1. The number of benzene rings is 1. The Hall–Kier alpha value is -2.57. The molecule has 0 aliphatic rings. The predicted octanol–water partition coefficient (Wildman–Crippen LogP) is 2.25. The van der Waals surface area contributed by atoms with Gasteiger partial charge in [-0.15, -0.1) is 0 Å². The van der Waals surface area contributed by atoms with Crippen LogP contribution in [0.2, 0.25) is 0 Å². The molecule has 1 aromatic carbocycles. The lowest BCUT2D eigenvalue weighted by molar-refractivity contribution is 0.0521. The van der Waals surface area contributed by atoms with Crippen molar-refractivity contribution < 1.29 is 23.1 Å². The summed E-state index contributed by atoms with van der Waals surface area (Å²) in [5, 5.41) is 0. The van der Waals surface area contributed by atoms with Crippen molar-refractivity contribution in [2.75, 3.05) is 19.5 Å². The number of nitrogen functional groups attached to an aromatic ring is 1. The van der Waals surface area contributed by atoms with Crippen molar-refractivity contribution in [3.63, 3.8) is 0 Å². The zero-order valence-corrected chi connectivity index (χ0v) is 11.0. The van der Waals surface area contributed by atoms with Gasteiger partial charge in [-0.2, -0.15) is 4.98 Å². The second kappa shape index (κ2) is 5.60. The molecular formula is C13H13FN2O4. The molecule has 106 valence electrons. The van der Waals surface area contributed by atoms with E-state index in [-0.39, 0.29) is 35.4 Å². The summed E-state index contributed by atoms with van der Waals surface area (Å²) in [6.45, 7) is 1.82. The average molecular weight is 280 g/mol. The number of carbonyl (C=O) groups is 1. The number of halogens is 1. The van der Waals surface area contributed by atoms with Crippen molar-refractivity contribution in [3.05, 3.63) is 29.7 Å². The van der Waals surface area contributed by atoms with Gasteiger partial charge in [0.25, 0.3) is 0 Å². The Labute approximate surface area is 114 Å². The summed E-state index contributed by atoms with van der Waals surface area (Å²) in [5.41, 5.74) is 5.37. The first-order valence-electron chi connectivity index (χ1n) is 5.84. The lowest BCUT2D eigenvalue weighted by Gasteiger charge is -2.05. The fourth-order valence-electron chi connectivity index (χ4n) is 1.67. The van der Waals surface area contributed by atoms with Gasteiger partial charge in [0.1, 0.15) is 17.1 Å². The number of hydrogen-bond acceptors (Lipinski definition) is 6. The predicted molar refractivity (Wildman–Crippen MR) is 68.8 cm³/mol. The van der Waals surface area contributed by atoms with Gasteiger partial charge in [0.15, 0.2) is 0 Å². The summed E-state index contributed by atoms with van der Waals surface area (Å²) in [5.74, 6) is -1.47. The van der Waals surface area contributed by atoms with Crippen molar-refractivity contribution in [2.24, 2.45) is 0 Å². The molecule has 0 radical (unpaired) electrons. The number of nitrogens with zero attached hydrogens (tertiary/aromatic N) is 1. The van der Waals surface area contributed by atoms with Crippen molar-refractivity contribution in [3.8, 4) is 17.2 Å². The number of oxazole rings is 1. The van der Waals surface area contributed by atoms with Gasteiger partial charge in [0, 0.05) is 0 Å². The Morgan fingerprint density at radius 3 is 2.90 bits per heavy atom. The normalized spacial score (nSPS) is 10.3. The Kier molecular flexibility index (Phi) is 3.88. The molecule has 0 saturated carbocycles. The molecule has 2 N–H and O–H groups in total. The molecule has 0 bridgehead atoms. The Morgan fingerprint density at radius 1 is 1.50 bits per heavy atom. The third-order valence-electron chi connectivity index (χ3n) is 2.53. The summed E-state index contributed by atoms with van der Waals surface area (Å²) in [6, 6.07) is 4.25. The highest BCUT2D eigenvalue weighted by Crippen LogP contribution is 2.33. The van der Waals surface area contributed by atoms with Gasteiger partial charge in [0.2, 0.25) is 17.5 Å². The van der Waals surface area contributed by atoms with Crippen molar-refractivity contribution in [2.45, 2.75) is 6.92 Å². The van der Waals surface area contributed by atoms with Gasteiger partial charge in [0.05, 0.1) is 13.7 Å². The van der Waals surface area contributed by atoms with Crippen LogP contribution >= 0.6 is 0 Å². The van der Waals surface area contributed by atoms with E-state index in [1.807, 2.05) is 0 Å². The van der Waals surface area contributed by atoms with E-state index in [2.05, 4.69) is 4.98 Å². The molecule has 2 aromatic rings. The number of esters is 1. The SMILES string of the molecule is CCOC(=O)c1nc(-c2c(F)cccc2OC)oc1N. The topological polar surface area (TPSA) is 87.6 Å². The van der Waals surface area contributed by atoms with E-state index in [4.69, 9.17) is 19.6 Å². The van der Waals surface area contributed by atoms with E-state index in [0.29, 0.717) is 0 Å². The van der Waals surface area contributed by atoms with E-state index >= 15 is 0 Å². The summed E-state index contributed by atoms with van der Waals surface area (Å²) in [7, 11) is 1.39. The molecule has 0 unspecified atom stereocenters. The number of ether oxygens (including phenoxy) is 2. The van der Waals surface area contributed by atoms with Crippen molar-refractivity contribution >= 4 is 11.9 Å². The van der Waals surface area contributed by atoms with Crippen LogP contribution in [-0.4, -0.2) is 24.7 Å². The zero-order valence-electron chi connectivity index (χ0n) is 11.0. The van der Waals surface area contributed by atoms with Crippen molar-refractivity contribution in [1.29, 1.82) is 0 Å². The van der Waals surface area contributed by atoms with Gasteiger partial charge in [-0.3, -0.25) is 0 Å². The van der Waals surface area contributed by atoms with Gasteiger partial charge >= 0.3 is 5.97 Å². The Morgan fingerprint density at radius 2 is 2.25 bits per heavy atom. The van der Waals surface area contributed by atoms with Gasteiger partial charge in [-0.05, 0) is 19.1 Å². The van der Waals surface area contributed by atoms with Gasteiger partial charge in [-0.25, -0.2) is 9.18 Å². The molecule has 20 heavy (non-hydrogen) atoms. The van der Waals surface area contributed by atoms with Crippen LogP contribution in [0.5, 0.6) is 5.75 Å². The number of methoxy groups -OCH3 is 1. The van der Waals surface area contributed by atoms with Crippen molar-refractivity contribution in [1.82, 2.24) is 4.98 Å². The minimum Gasteiger partial charge on any atom is -0.496 e. The molecule has 0 amide bonds. The minimum atomic E-state index is -0.727. The monoisotopic (exact) mass is 280 g/mol. The number of nitrogens with two attached hydrogens (primary N) is 1. The minimum absolute atomic E-state index is 0.00255. The highest BCUT2D eigenvalue weighted by Gasteiger charge is 2.23. The number of carbonyl (C=O) groups excluding carboxylic acids is 1. The van der Waals surface area contributed by atoms with Gasteiger partial charge < -0.3 is 19.6 Å². The molecule has 2 rings (SSSR count). The largest absolute Gasteiger partial charge is 0.496 e. The quantitative estimate of drug-likeness (QED) is 0.864. The number of anilines is 1. The summed E-state index contributed by atoms with van der Waals surface area (Å²) in [6.07, 6.45) is 0. The molecule has 0 aliphatic heterocycles. The van der Waals surface area contributed by atoms with E-state index in [1.165, 1.54) is 19.2 Å². The lowest BCUT2D eigenvalue weighted by Crippen LogP contribution is -2.07. The number of rotatable bonds is 4. The van der Waals surface area contributed by atoms with Crippen LogP contribution in [-0.2, 0) is 4.74 Å². The van der Waals surface area contributed by atoms with Crippen LogP contribution in [0.25, 0.3) is 11.5 Å². The Bertz CT molecular complexity index is 639. The first-order valence-corrected chi connectivity index (χ1v) is 5.84. The standard InChI is InChI=1S/C13H13FN2O4/c1-3-19-13(17)10-11(15)20-12(16-10)9-7(14)5-4-6-8(9)18-2/h4-6H,3,15H2,1-2H3. The van der Waals surface area contributed by atoms with Crippen LogP contribution < -0.4 is 10.5 Å². The summed E-state index contributed by atoms with van der Waals surface area (Å²) < 4.78 is 28.8. The molecule has 0 aliphatic carbocycles. The highest BCUT2D eigenvalue weighted by atomic mass is 19.1. The van der Waals surface area contributed by atoms with E-state index < -0.39 is 11.8 Å². The second-order valence-corrected chi connectivity index (χ2v) is 3.77. The third-order valence-corrected chi connectivity index (χ3v) is 2.53. The maximum absolute atomic E-state index is 13.9. The van der Waals surface area contributed by atoms with Crippen LogP contribution in [0.15, 0.2) is 22.6 Å². The van der Waals surface area contributed by atoms with E-state index in [9.17, 15) is 9.18 Å². The van der Waals surface area contributed by atoms with E-state index in [1.54, 1.807) is 13.0 Å². The molecule has 1 aromatic heterocycles. The van der Waals surface area contributed by atoms with Crippen LogP contribution in [0.1, 0.15) is 17.4 Å². The maximum Gasteiger partial charge on any atom is 0.362 e. The summed E-state index contributed by atoms with van der Waals surface area (Å²) in [4.78, 5) is 15.5. The fraction of sp³-hybridized carbons (Fsp3) is 0.231. The maximum atomic E-state index is 13.9. The van der Waals surface area contributed by atoms with E-state index in [0.717, 1.165) is 0 Å². The average Bonchev–Trinajstić information content (AvgIpc) is 2.80. The Balaban J connectivity index is 2.50. The van der Waals surface area contributed by atoms with Crippen LogP contribution in [0.4, 0.5) is 10.3 Å². The third kappa shape index (κ3) is 2.42. The molecule has 7 heteroatoms. The molecule has 0 spiro atoms. The first-order chi connectivity index (χ1) is 9.58. The fourth-order valence-corrected chi connectivity index (χ4v) is 1.67. The zero-order chi connectivity index (χ0) is 14.7.